The van der Waals surface area contributed by atoms with Gasteiger partial charge < -0.3 is 14.6 Å². The monoisotopic (exact) mass is 264 g/mol. The van der Waals surface area contributed by atoms with E-state index in [0.717, 1.165) is 0 Å². The lowest BCUT2D eigenvalue weighted by molar-refractivity contribution is -0.118. The Bertz CT molecular complexity index is 559. The molecule has 0 atom stereocenters. The lowest BCUT2D eigenvalue weighted by atomic mass is 10.3. The minimum absolute atomic E-state index is 0.171. The molecule has 0 unspecified atom stereocenters. The molecule has 1 amide bonds. The fourth-order valence-electron chi connectivity index (χ4n) is 1.52. The molecular formula is C13H13FN2O3. The first-order valence-electron chi connectivity index (χ1n) is 5.67. The average molecular weight is 264 g/mol. The number of halogens is 1. The van der Waals surface area contributed by atoms with E-state index >= 15 is 0 Å². The molecule has 19 heavy (non-hydrogen) atoms. The van der Waals surface area contributed by atoms with E-state index in [1.54, 1.807) is 13.8 Å². The maximum absolute atomic E-state index is 12.7. The fraction of sp³-hybridized carbons (Fsp3) is 0.231. The van der Waals surface area contributed by atoms with Gasteiger partial charge in [-0.15, -0.1) is 0 Å². The van der Waals surface area contributed by atoms with Crippen molar-refractivity contribution in [3.63, 3.8) is 0 Å². The molecule has 1 heterocycles. The number of ether oxygens (including phenoxy) is 1. The third kappa shape index (κ3) is 3.31. The molecule has 0 saturated heterocycles. The Morgan fingerprint density at radius 2 is 2.05 bits per heavy atom. The molecule has 0 aliphatic rings. The van der Waals surface area contributed by atoms with Gasteiger partial charge in [-0.2, -0.15) is 0 Å². The van der Waals surface area contributed by atoms with Gasteiger partial charge in [-0.3, -0.25) is 4.79 Å². The first-order valence-corrected chi connectivity index (χ1v) is 5.67. The second kappa shape index (κ2) is 5.51. The minimum atomic E-state index is -0.354. The average Bonchev–Trinajstić information content (AvgIpc) is 2.70. The van der Waals surface area contributed by atoms with Crippen LogP contribution >= 0.6 is 0 Å². The number of hydrogen-bond donors (Lipinski definition) is 1. The quantitative estimate of drug-likeness (QED) is 0.921. The van der Waals surface area contributed by atoms with Crippen LogP contribution in [0.3, 0.4) is 0 Å². The van der Waals surface area contributed by atoms with Crippen LogP contribution in [0.1, 0.15) is 11.5 Å². The van der Waals surface area contributed by atoms with Gasteiger partial charge in [0.25, 0.3) is 5.91 Å². The molecule has 1 aromatic carbocycles. The Labute approximate surface area is 109 Å². The van der Waals surface area contributed by atoms with Gasteiger partial charge >= 0.3 is 0 Å². The number of benzene rings is 1. The molecule has 1 N–H and O–H groups in total. The van der Waals surface area contributed by atoms with Gasteiger partial charge in [-0.1, -0.05) is 5.16 Å². The fourth-order valence-corrected chi connectivity index (χ4v) is 1.52. The molecule has 1 aromatic heterocycles. The first kappa shape index (κ1) is 13.1. The van der Waals surface area contributed by atoms with Crippen molar-refractivity contribution in [1.82, 2.24) is 5.16 Å². The van der Waals surface area contributed by atoms with Crippen molar-refractivity contribution in [2.75, 3.05) is 11.9 Å². The topological polar surface area (TPSA) is 64.4 Å². The molecule has 2 rings (SSSR count). The summed E-state index contributed by atoms with van der Waals surface area (Å²) >= 11 is 0. The molecule has 0 spiro atoms. The van der Waals surface area contributed by atoms with Gasteiger partial charge in [0.1, 0.15) is 22.9 Å². The number of carbonyl (C=O) groups excluding carboxylic acids is 1. The van der Waals surface area contributed by atoms with Gasteiger partial charge in [-0.25, -0.2) is 4.39 Å². The summed E-state index contributed by atoms with van der Waals surface area (Å²) in [5, 5.41) is 6.37. The first-order chi connectivity index (χ1) is 9.06. The van der Waals surface area contributed by atoms with Crippen molar-refractivity contribution in [1.29, 1.82) is 0 Å². The Morgan fingerprint density at radius 1 is 1.37 bits per heavy atom. The molecule has 5 nitrogen and oxygen atoms in total. The third-order valence-corrected chi connectivity index (χ3v) is 2.48. The lowest BCUT2D eigenvalue weighted by Crippen LogP contribution is -2.20. The normalized spacial score (nSPS) is 10.3. The SMILES string of the molecule is Cc1noc(C)c1NC(=O)COc1ccc(F)cc1. The summed E-state index contributed by atoms with van der Waals surface area (Å²) in [6.45, 7) is 3.26. The number of aromatic nitrogens is 1. The summed E-state index contributed by atoms with van der Waals surface area (Å²) in [7, 11) is 0. The maximum Gasteiger partial charge on any atom is 0.262 e. The van der Waals surface area contributed by atoms with Crippen molar-refractivity contribution in [2.24, 2.45) is 0 Å². The van der Waals surface area contributed by atoms with Crippen molar-refractivity contribution in [2.45, 2.75) is 13.8 Å². The molecule has 0 aliphatic heterocycles. The van der Waals surface area contributed by atoms with Gasteiger partial charge in [0.15, 0.2) is 12.4 Å². The van der Waals surface area contributed by atoms with Crippen LogP contribution in [0.4, 0.5) is 10.1 Å². The summed E-state index contributed by atoms with van der Waals surface area (Å²) in [5.74, 6) is 0.272. The van der Waals surface area contributed by atoms with Crippen LogP contribution in [0.5, 0.6) is 5.75 Å². The van der Waals surface area contributed by atoms with Crippen LogP contribution in [-0.2, 0) is 4.79 Å². The minimum Gasteiger partial charge on any atom is -0.484 e. The highest BCUT2D eigenvalue weighted by molar-refractivity contribution is 5.92. The Balaban J connectivity index is 1.90. The van der Waals surface area contributed by atoms with Crippen LogP contribution < -0.4 is 10.1 Å². The number of carbonyl (C=O) groups is 1. The van der Waals surface area contributed by atoms with E-state index in [4.69, 9.17) is 9.26 Å². The zero-order chi connectivity index (χ0) is 13.8. The van der Waals surface area contributed by atoms with Gasteiger partial charge in [0.05, 0.1) is 0 Å². The maximum atomic E-state index is 12.7. The zero-order valence-electron chi connectivity index (χ0n) is 10.6. The number of nitrogens with zero attached hydrogens (tertiary/aromatic N) is 1. The second-order valence-corrected chi connectivity index (χ2v) is 3.99. The van der Waals surface area contributed by atoms with Crippen LogP contribution in [0.15, 0.2) is 28.8 Å². The summed E-state index contributed by atoms with van der Waals surface area (Å²) in [6, 6.07) is 5.44. The van der Waals surface area contributed by atoms with Gasteiger partial charge in [-0.05, 0) is 38.1 Å². The summed E-state index contributed by atoms with van der Waals surface area (Å²) in [5.41, 5.74) is 1.15. The number of nitrogens with one attached hydrogen (secondary N) is 1. The highest BCUT2D eigenvalue weighted by Crippen LogP contribution is 2.18. The number of rotatable bonds is 4. The molecule has 0 saturated carbocycles. The van der Waals surface area contributed by atoms with E-state index in [0.29, 0.717) is 22.9 Å². The summed E-state index contributed by atoms with van der Waals surface area (Å²) in [4.78, 5) is 11.7. The standard InChI is InChI=1S/C13H13FN2O3/c1-8-13(9(2)19-16-8)15-12(17)7-18-11-5-3-10(14)4-6-11/h3-6H,7H2,1-2H3,(H,15,17). The zero-order valence-corrected chi connectivity index (χ0v) is 10.6. The van der Waals surface area contributed by atoms with Gasteiger partial charge in [0, 0.05) is 0 Å². The molecule has 0 bridgehead atoms. The van der Waals surface area contributed by atoms with E-state index in [-0.39, 0.29) is 18.3 Å². The molecule has 0 aliphatic carbocycles. The van der Waals surface area contributed by atoms with Crippen LogP contribution in [-0.4, -0.2) is 17.7 Å². The highest BCUT2D eigenvalue weighted by atomic mass is 19.1. The summed E-state index contributed by atoms with van der Waals surface area (Å²) < 4.78 is 22.8. The molecule has 2 aromatic rings. The lowest BCUT2D eigenvalue weighted by Gasteiger charge is -2.06. The Hall–Kier alpha value is -2.37. The van der Waals surface area contributed by atoms with E-state index in [1.165, 1.54) is 24.3 Å². The smallest absolute Gasteiger partial charge is 0.262 e. The Kier molecular flexibility index (Phi) is 3.79. The molecule has 6 heteroatoms. The molecule has 0 radical (unpaired) electrons. The predicted molar refractivity (Wildman–Crippen MR) is 66.5 cm³/mol. The van der Waals surface area contributed by atoms with Crippen LogP contribution in [0.25, 0.3) is 0 Å². The molecular weight excluding hydrogens is 251 g/mol. The molecule has 0 fully saturated rings. The number of anilines is 1. The Morgan fingerprint density at radius 3 is 2.63 bits per heavy atom. The highest BCUT2D eigenvalue weighted by Gasteiger charge is 2.12. The predicted octanol–water partition coefficient (Wildman–Crippen LogP) is 2.45. The number of aryl methyl sites for hydroxylation is 2. The van der Waals surface area contributed by atoms with E-state index < -0.39 is 0 Å². The van der Waals surface area contributed by atoms with E-state index in [2.05, 4.69) is 10.5 Å². The van der Waals surface area contributed by atoms with Crippen molar-refractivity contribution in [3.8, 4) is 5.75 Å². The third-order valence-electron chi connectivity index (χ3n) is 2.48. The van der Waals surface area contributed by atoms with Crippen molar-refractivity contribution < 1.29 is 18.4 Å². The van der Waals surface area contributed by atoms with Crippen molar-refractivity contribution >= 4 is 11.6 Å². The van der Waals surface area contributed by atoms with E-state index in [9.17, 15) is 9.18 Å². The second-order valence-electron chi connectivity index (χ2n) is 3.99. The summed E-state index contributed by atoms with van der Waals surface area (Å²) in [6.07, 6.45) is 0. The number of hydrogen-bond acceptors (Lipinski definition) is 4. The van der Waals surface area contributed by atoms with E-state index in [1.807, 2.05) is 0 Å². The van der Waals surface area contributed by atoms with Crippen LogP contribution in [0, 0.1) is 19.7 Å². The van der Waals surface area contributed by atoms with Gasteiger partial charge in [0.2, 0.25) is 0 Å². The molecule has 100 valence electrons. The van der Waals surface area contributed by atoms with Crippen LogP contribution in [0.2, 0.25) is 0 Å². The number of amides is 1. The largest absolute Gasteiger partial charge is 0.484 e. The van der Waals surface area contributed by atoms with Crippen molar-refractivity contribution in [3.05, 3.63) is 41.5 Å².